The fraction of sp³-hybridized carbons (Fsp3) is 0.192. The Labute approximate surface area is 170 Å². The lowest BCUT2D eigenvalue weighted by atomic mass is 10.00. The monoisotopic (exact) mass is 381 g/mol. The lowest BCUT2D eigenvalue weighted by Crippen LogP contribution is -2.05. The summed E-state index contributed by atoms with van der Waals surface area (Å²) in [6.07, 6.45) is -0.419. The number of ether oxygens (including phenoxy) is 2. The van der Waals surface area contributed by atoms with E-state index < -0.39 is 6.29 Å². The van der Waals surface area contributed by atoms with Crippen molar-refractivity contribution in [2.24, 2.45) is 0 Å². The van der Waals surface area contributed by atoms with E-state index >= 15 is 0 Å². The summed E-state index contributed by atoms with van der Waals surface area (Å²) in [5, 5.41) is 1.14. The van der Waals surface area contributed by atoms with Crippen LogP contribution in [0.15, 0.2) is 72.8 Å². The van der Waals surface area contributed by atoms with Crippen LogP contribution in [-0.2, 0) is 22.7 Å². The van der Waals surface area contributed by atoms with Gasteiger partial charge in [0.05, 0.1) is 18.7 Å². The van der Waals surface area contributed by atoms with Crippen LogP contribution in [0.1, 0.15) is 34.2 Å². The van der Waals surface area contributed by atoms with Crippen molar-refractivity contribution in [3.05, 3.63) is 101 Å². The number of hydrogen-bond donors (Lipinski definition) is 0. The number of hydrogen-bond acceptors (Lipinski definition) is 3. The first kappa shape index (κ1) is 18.0. The number of pyridine rings is 1. The van der Waals surface area contributed by atoms with E-state index in [1.165, 1.54) is 22.3 Å². The molecule has 4 aromatic rings. The highest BCUT2D eigenvalue weighted by atomic mass is 16.7. The zero-order valence-electron chi connectivity index (χ0n) is 16.7. The van der Waals surface area contributed by atoms with E-state index in [-0.39, 0.29) is 0 Å². The first-order valence-corrected chi connectivity index (χ1v) is 9.95. The molecule has 0 radical (unpaired) electrons. The van der Waals surface area contributed by atoms with E-state index in [2.05, 4.69) is 68.4 Å². The van der Waals surface area contributed by atoms with Crippen LogP contribution >= 0.6 is 0 Å². The first-order chi connectivity index (χ1) is 14.2. The van der Waals surface area contributed by atoms with E-state index in [1.807, 2.05) is 18.2 Å². The lowest BCUT2D eigenvalue weighted by Gasteiger charge is -2.14. The van der Waals surface area contributed by atoms with Crippen molar-refractivity contribution >= 4 is 10.9 Å². The van der Waals surface area contributed by atoms with Gasteiger partial charge in [0.15, 0.2) is 0 Å². The standard InChI is InChI=1S/C26H23NO2/c1-17-7-9-20(10-8-17)22-12-18(2)11-19(13-22)15-28-26-25-23(16-29-26)14-21-5-3-4-6-24(21)27-25/h3-14,26H,15-16H2,1-2H3. The van der Waals surface area contributed by atoms with Crippen molar-refractivity contribution in [2.75, 3.05) is 0 Å². The summed E-state index contributed by atoms with van der Waals surface area (Å²) in [4.78, 5) is 4.79. The SMILES string of the molecule is Cc1ccc(-c2cc(C)cc(COC3OCc4cc5ccccc5nc43)c2)cc1. The van der Waals surface area contributed by atoms with Gasteiger partial charge in [0.1, 0.15) is 5.69 Å². The maximum atomic E-state index is 6.14. The Balaban J connectivity index is 1.37. The van der Waals surface area contributed by atoms with Gasteiger partial charge in [-0.05, 0) is 48.7 Å². The second-order valence-electron chi connectivity index (χ2n) is 7.75. The molecule has 2 heterocycles. The molecule has 3 nitrogen and oxygen atoms in total. The summed E-state index contributed by atoms with van der Waals surface area (Å²) in [5.74, 6) is 0. The molecule has 3 heteroatoms. The molecule has 1 aliphatic heterocycles. The van der Waals surface area contributed by atoms with Crippen LogP contribution in [0.3, 0.4) is 0 Å². The molecule has 0 saturated heterocycles. The highest BCUT2D eigenvalue weighted by Gasteiger charge is 2.26. The molecule has 0 N–H and O–H groups in total. The number of aryl methyl sites for hydroxylation is 2. The topological polar surface area (TPSA) is 31.4 Å². The fourth-order valence-electron chi connectivity index (χ4n) is 3.90. The van der Waals surface area contributed by atoms with E-state index in [9.17, 15) is 0 Å². The van der Waals surface area contributed by atoms with Crippen molar-refractivity contribution in [1.82, 2.24) is 4.98 Å². The van der Waals surface area contributed by atoms with Crippen LogP contribution < -0.4 is 0 Å². The lowest BCUT2D eigenvalue weighted by molar-refractivity contribution is -0.147. The third kappa shape index (κ3) is 3.67. The molecule has 1 atom stereocenters. The third-order valence-electron chi connectivity index (χ3n) is 5.37. The second kappa shape index (κ2) is 7.43. The molecule has 0 spiro atoms. The average molecular weight is 381 g/mol. The Kier molecular flexibility index (Phi) is 4.62. The van der Waals surface area contributed by atoms with Crippen LogP contribution in [-0.4, -0.2) is 4.98 Å². The van der Waals surface area contributed by atoms with Crippen LogP contribution in [0.2, 0.25) is 0 Å². The summed E-state index contributed by atoms with van der Waals surface area (Å²) in [6, 6.07) is 25.5. The quantitative estimate of drug-likeness (QED) is 0.418. The van der Waals surface area contributed by atoms with E-state index in [1.54, 1.807) is 0 Å². The summed E-state index contributed by atoms with van der Waals surface area (Å²) in [6.45, 7) is 5.26. The summed E-state index contributed by atoms with van der Waals surface area (Å²) < 4.78 is 12.0. The molecule has 0 amide bonds. The molecular weight excluding hydrogens is 358 g/mol. The molecule has 0 saturated carbocycles. The number of benzene rings is 3. The van der Waals surface area contributed by atoms with Crippen molar-refractivity contribution < 1.29 is 9.47 Å². The van der Waals surface area contributed by atoms with E-state index in [0.717, 1.165) is 27.7 Å². The maximum Gasteiger partial charge on any atom is 0.202 e. The summed E-state index contributed by atoms with van der Waals surface area (Å²) in [5.41, 5.74) is 9.03. The van der Waals surface area contributed by atoms with Gasteiger partial charge in [0.2, 0.25) is 6.29 Å². The molecule has 5 rings (SSSR count). The smallest absolute Gasteiger partial charge is 0.202 e. The minimum atomic E-state index is -0.419. The van der Waals surface area contributed by atoms with Gasteiger partial charge in [-0.3, -0.25) is 0 Å². The molecule has 1 aromatic heterocycles. The van der Waals surface area contributed by atoms with Gasteiger partial charge in [-0.25, -0.2) is 4.98 Å². The highest BCUT2D eigenvalue weighted by Crippen LogP contribution is 2.33. The van der Waals surface area contributed by atoms with Gasteiger partial charge >= 0.3 is 0 Å². The Bertz CT molecular complexity index is 1180. The maximum absolute atomic E-state index is 6.14. The average Bonchev–Trinajstić information content (AvgIpc) is 3.12. The van der Waals surface area contributed by atoms with Gasteiger partial charge in [-0.1, -0.05) is 65.7 Å². The molecular formula is C26H23NO2. The Morgan fingerprint density at radius 3 is 2.59 bits per heavy atom. The molecule has 0 aliphatic carbocycles. The summed E-state index contributed by atoms with van der Waals surface area (Å²) in [7, 11) is 0. The number of aromatic nitrogens is 1. The van der Waals surface area contributed by atoms with Crippen LogP contribution in [0.25, 0.3) is 22.0 Å². The Morgan fingerprint density at radius 2 is 1.72 bits per heavy atom. The number of rotatable bonds is 4. The van der Waals surface area contributed by atoms with E-state index in [4.69, 9.17) is 14.5 Å². The fourth-order valence-corrected chi connectivity index (χ4v) is 3.90. The molecule has 1 aliphatic rings. The Morgan fingerprint density at radius 1 is 0.897 bits per heavy atom. The molecule has 0 bridgehead atoms. The molecule has 144 valence electrons. The highest BCUT2D eigenvalue weighted by molar-refractivity contribution is 5.79. The molecule has 1 unspecified atom stereocenters. The van der Waals surface area contributed by atoms with Gasteiger partial charge in [0.25, 0.3) is 0 Å². The van der Waals surface area contributed by atoms with Crippen molar-refractivity contribution in [1.29, 1.82) is 0 Å². The van der Waals surface area contributed by atoms with Gasteiger partial charge in [0, 0.05) is 10.9 Å². The van der Waals surface area contributed by atoms with Gasteiger partial charge < -0.3 is 9.47 Å². The number of para-hydroxylation sites is 1. The van der Waals surface area contributed by atoms with Crippen molar-refractivity contribution in [2.45, 2.75) is 33.4 Å². The van der Waals surface area contributed by atoms with Crippen LogP contribution in [0.5, 0.6) is 0 Å². The largest absolute Gasteiger partial charge is 0.342 e. The number of nitrogens with zero attached hydrogens (tertiary/aromatic N) is 1. The number of fused-ring (bicyclic) bond motifs is 2. The minimum absolute atomic E-state index is 0.419. The van der Waals surface area contributed by atoms with Crippen molar-refractivity contribution in [3.8, 4) is 11.1 Å². The normalized spacial score (nSPS) is 15.6. The van der Waals surface area contributed by atoms with Gasteiger partial charge in [-0.15, -0.1) is 0 Å². The van der Waals surface area contributed by atoms with Crippen LogP contribution in [0, 0.1) is 13.8 Å². The summed E-state index contributed by atoms with van der Waals surface area (Å²) >= 11 is 0. The minimum Gasteiger partial charge on any atom is -0.342 e. The molecule has 3 aromatic carbocycles. The predicted octanol–water partition coefficient (Wildman–Crippen LogP) is 6.26. The Hall–Kier alpha value is -3.01. The molecule has 0 fully saturated rings. The van der Waals surface area contributed by atoms with E-state index in [0.29, 0.717) is 13.2 Å². The van der Waals surface area contributed by atoms with Gasteiger partial charge in [-0.2, -0.15) is 0 Å². The predicted molar refractivity (Wildman–Crippen MR) is 115 cm³/mol. The zero-order valence-corrected chi connectivity index (χ0v) is 16.7. The van der Waals surface area contributed by atoms with Crippen molar-refractivity contribution in [3.63, 3.8) is 0 Å². The zero-order chi connectivity index (χ0) is 19.8. The first-order valence-electron chi connectivity index (χ1n) is 9.95. The van der Waals surface area contributed by atoms with Crippen LogP contribution in [0.4, 0.5) is 0 Å². The third-order valence-corrected chi connectivity index (χ3v) is 5.37. The molecule has 29 heavy (non-hydrogen) atoms. The second-order valence-corrected chi connectivity index (χ2v) is 7.75.